The predicted molar refractivity (Wildman–Crippen MR) is 120 cm³/mol. The number of nitrogens with one attached hydrogen (secondary N) is 2. The standard InChI is InChI=1S/C21H32N6O3S/c1-4-5-8-22-19(29)23-18(28)14-31-21-25-24-20(26-11-15(2)10-16(3)12-26)27(21)13-17-7-6-9-30-17/h6-7,9,15-16H,4-5,8,10-14H2,1-3H3,(H2,22,23,28,29). The van der Waals surface area contributed by atoms with E-state index in [-0.39, 0.29) is 11.7 Å². The Balaban J connectivity index is 1.67. The maximum Gasteiger partial charge on any atom is 0.321 e. The van der Waals surface area contributed by atoms with Crippen LogP contribution < -0.4 is 15.5 Å². The Bertz CT molecular complexity index is 843. The first kappa shape index (κ1) is 23.2. The second kappa shape index (κ2) is 11.2. The molecular weight excluding hydrogens is 416 g/mol. The molecule has 0 aliphatic carbocycles. The molecule has 10 heteroatoms. The Kier molecular flexibility index (Phi) is 8.39. The molecule has 1 aliphatic rings. The zero-order chi connectivity index (χ0) is 22.2. The van der Waals surface area contributed by atoms with E-state index in [1.165, 1.54) is 18.2 Å². The molecule has 0 spiro atoms. The molecule has 0 aromatic carbocycles. The maximum absolute atomic E-state index is 12.2. The van der Waals surface area contributed by atoms with E-state index in [0.717, 1.165) is 37.6 Å². The molecule has 31 heavy (non-hydrogen) atoms. The zero-order valence-electron chi connectivity index (χ0n) is 18.5. The van der Waals surface area contributed by atoms with E-state index in [9.17, 15) is 9.59 Å². The van der Waals surface area contributed by atoms with Crippen molar-refractivity contribution in [3.63, 3.8) is 0 Å². The highest BCUT2D eigenvalue weighted by atomic mass is 32.2. The van der Waals surface area contributed by atoms with Gasteiger partial charge in [0.1, 0.15) is 5.76 Å². The summed E-state index contributed by atoms with van der Waals surface area (Å²) >= 11 is 1.26. The molecule has 9 nitrogen and oxygen atoms in total. The maximum atomic E-state index is 12.2. The van der Waals surface area contributed by atoms with Crippen molar-refractivity contribution in [1.29, 1.82) is 0 Å². The largest absolute Gasteiger partial charge is 0.467 e. The molecule has 3 rings (SSSR count). The third-order valence-corrected chi connectivity index (χ3v) is 6.11. The second-order valence-corrected chi connectivity index (χ2v) is 9.19. The molecule has 1 fully saturated rings. The number of thioether (sulfide) groups is 1. The number of hydrogen-bond donors (Lipinski definition) is 2. The number of imide groups is 1. The number of unbranched alkanes of at least 4 members (excludes halogenated alkanes) is 1. The smallest absolute Gasteiger partial charge is 0.321 e. The molecule has 0 saturated carbocycles. The first-order valence-electron chi connectivity index (χ1n) is 10.9. The Labute approximate surface area is 187 Å². The van der Waals surface area contributed by atoms with Gasteiger partial charge in [0.05, 0.1) is 18.6 Å². The Morgan fingerprint density at radius 1 is 1.26 bits per heavy atom. The molecule has 0 radical (unpaired) electrons. The monoisotopic (exact) mass is 448 g/mol. The quantitative estimate of drug-likeness (QED) is 0.448. The summed E-state index contributed by atoms with van der Waals surface area (Å²) in [6.45, 7) is 9.42. The number of urea groups is 1. The summed E-state index contributed by atoms with van der Waals surface area (Å²) in [6, 6.07) is 3.29. The predicted octanol–water partition coefficient (Wildman–Crippen LogP) is 3.12. The molecule has 3 amide bonds. The van der Waals surface area contributed by atoms with Crippen LogP contribution in [0.15, 0.2) is 28.0 Å². The number of anilines is 1. The lowest BCUT2D eigenvalue weighted by atomic mass is 9.92. The summed E-state index contributed by atoms with van der Waals surface area (Å²) in [5.41, 5.74) is 0. The number of amides is 3. The lowest BCUT2D eigenvalue weighted by Crippen LogP contribution is -2.40. The summed E-state index contributed by atoms with van der Waals surface area (Å²) in [6.07, 6.45) is 4.70. The third-order valence-electron chi connectivity index (χ3n) is 5.14. The second-order valence-electron chi connectivity index (χ2n) is 8.25. The molecular formula is C21H32N6O3S. The van der Waals surface area contributed by atoms with Crippen LogP contribution >= 0.6 is 11.8 Å². The van der Waals surface area contributed by atoms with Crippen LogP contribution in [0.25, 0.3) is 0 Å². The summed E-state index contributed by atoms with van der Waals surface area (Å²) in [4.78, 5) is 26.3. The van der Waals surface area contributed by atoms with Crippen molar-refractivity contribution in [1.82, 2.24) is 25.4 Å². The van der Waals surface area contributed by atoms with Gasteiger partial charge in [0.25, 0.3) is 0 Å². The fraction of sp³-hybridized carbons (Fsp3) is 0.619. The van der Waals surface area contributed by atoms with Gasteiger partial charge in [0.2, 0.25) is 11.9 Å². The number of carbonyl (C=O) groups is 2. The number of aromatic nitrogens is 3. The van der Waals surface area contributed by atoms with Crippen LogP contribution in [0.2, 0.25) is 0 Å². The number of hydrogen-bond acceptors (Lipinski definition) is 7. The van der Waals surface area contributed by atoms with E-state index in [1.54, 1.807) is 6.26 Å². The van der Waals surface area contributed by atoms with Crippen LogP contribution in [0.3, 0.4) is 0 Å². The highest BCUT2D eigenvalue weighted by Gasteiger charge is 2.27. The van der Waals surface area contributed by atoms with Gasteiger partial charge in [0.15, 0.2) is 5.16 Å². The summed E-state index contributed by atoms with van der Waals surface area (Å²) < 4.78 is 7.52. The molecule has 0 bridgehead atoms. The average Bonchev–Trinajstić information content (AvgIpc) is 3.36. The lowest BCUT2D eigenvalue weighted by Gasteiger charge is -2.35. The summed E-state index contributed by atoms with van der Waals surface area (Å²) in [5.74, 6) is 2.44. The minimum Gasteiger partial charge on any atom is -0.467 e. The van der Waals surface area contributed by atoms with Crippen molar-refractivity contribution >= 4 is 29.6 Å². The molecule has 2 N–H and O–H groups in total. The van der Waals surface area contributed by atoms with Crippen LogP contribution in [0.5, 0.6) is 0 Å². The fourth-order valence-corrected chi connectivity index (χ4v) is 4.59. The summed E-state index contributed by atoms with van der Waals surface area (Å²) in [5, 5.41) is 14.4. The fourth-order valence-electron chi connectivity index (χ4n) is 3.86. The normalized spacial score (nSPS) is 18.7. The molecule has 170 valence electrons. The van der Waals surface area contributed by atoms with Crippen LogP contribution in [0, 0.1) is 11.8 Å². The van der Waals surface area contributed by atoms with E-state index >= 15 is 0 Å². The lowest BCUT2D eigenvalue weighted by molar-refractivity contribution is -0.117. The molecule has 3 heterocycles. The number of rotatable bonds is 9. The third kappa shape index (κ3) is 6.75. The van der Waals surface area contributed by atoms with E-state index in [1.807, 2.05) is 23.6 Å². The Hall–Kier alpha value is -2.49. The van der Waals surface area contributed by atoms with Gasteiger partial charge in [-0.3, -0.25) is 14.7 Å². The Morgan fingerprint density at radius 2 is 2.03 bits per heavy atom. The number of furan rings is 1. The minimum atomic E-state index is -0.465. The molecule has 2 atom stereocenters. The van der Waals surface area contributed by atoms with Crippen molar-refractivity contribution < 1.29 is 14.0 Å². The van der Waals surface area contributed by atoms with E-state index in [4.69, 9.17) is 4.42 Å². The molecule has 1 saturated heterocycles. The molecule has 2 unspecified atom stereocenters. The number of nitrogens with zero attached hydrogens (tertiary/aromatic N) is 4. The van der Waals surface area contributed by atoms with Crippen molar-refractivity contribution in [3.8, 4) is 0 Å². The highest BCUT2D eigenvalue weighted by molar-refractivity contribution is 7.99. The zero-order valence-corrected chi connectivity index (χ0v) is 19.3. The van der Waals surface area contributed by atoms with Gasteiger partial charge in [0, 0.05) is 19.6 Å². The van der Waals surface area contributed by atoms with Gasteiger partial charge in [-0.05, 0) is 36.8 Å². The van der Waals surface area contributed by atoms with E-state index in [2.05, 4.69) is 39.6 Å². The van der Waals surface area contributed by atoms with Crippen LogP contribution in [0.4, 0.5) is 10.7 Å². The molecule has 2 aromatic rings. The first-order valence-corrected chi connectivity index (χ1v) is 11.9. The van der Waals surface area contributed by atoms with Crippen molar-refractivity contribution in [2.75, 3.05) is 30.3 Å². The molecule has 2 aromatic heterocycles. The Morgan fingerprint density at radius 3 is 2.71 bits per heavy atom. The number of piperidine rings is 1. The van der Waals surface area contributed by atoms with Crippen LogP contribution in [0.1, 0.15) is 45.8 Å². The van der Waals surface area contributed by atoms with Gasteiger partial charge in [-0.2, -0.15) is 0 Å². The van der Waals surface area contributed by atoms with E-state index < -0.39 is 6.03 Å². The topological polar surface area (TPSA) is 105 Å². The van der Waals surface area contributed by atoms with Crippen LogP contribution in [-0.4, -0.2) is 52.1 Å². The van der Waals surface area contributed by atoms with Crippen molar-refractivity contribution in [3.05, 3.63) is 24.2 Å². The van der Waals surface area contributed by atoms with Gasteiger partial charge < -0.3 is 14.6 Å². The van der Waals surface area contributed by atoms with Gasteiger partial charge in [-0.1, -0.05) is 39.0 Å². The van der Waals surface area contributed by atoms with E-state index in [0.29, 0.717) is 30.1 Å². The first-order chi connectivity index (χ1) is 15.0. The van der Waals surface area contributed by atoms with Gasteiger partial charge in [-0.25, -0.2) is 4.79 Å². The minimum absolute atomic E-state index is 0.0737. The van der Waals surface area contributed by atoms with Gasteiger partial charge in [-0.15, -0.1) is 10.2 Å². The van der Waals surface area contributed by atoms with Crippen molar-refractivity contribution in [2.45, 2.75) is 51.7 Å². The van der Waals surface area contributed by atoms with Crippen molar-refractivity contribution in [2.24, 2.45) is 11.8 Å². The number of carbonyl (C=O) groups excluding carboxylic acids is 2. The van der Waals surface area contributed by atoms with Crippen LogP contribution in [-0.2, 0) is 11.3 Å². The average molecular weight is 449 g/mol. The highest BCUT2D eigenvalue weighted by Crippen LogP contribution is 2.28. The molecule has 1 aliphatic heterocycles. The van der Waals surface area contributed by atoms with Gasteiger partial charge >= 0.3 is 6.03 Å². The summed E-state index contributed by atoms with van der Waals surface area (Å²) in [7, 11) is 0. The SMILES string of the molecule is CCCCNC(=O)NC(=O)CSc1nnc(N2CC(C)CC(C)C2)n1Cc1ccco1.